The Morgan fingerprint density at radius 2 is 0.725 bits per heavy atom. The van der Waals surface area contributed by atoms with Gasteiger partial charge in [0.05, 0.1) is 44.9 Å². The average Bonchev–Trinajstić information content (AvgIpc) is 3.40. The van der Waals surface area contributed by atoms with Gasteiger partial charge >= 0.3 is 0 Å². The highest BCUT2D eigenvalue weighted by atomic mass is 32.2. The number of aliphatic hydroxyl groups excluding tert-OH is 2. The molecule has 0 bridgehead atoms. The van der Waals surface area contributed by atoms with E-state index in [1.165, 1.54) is 0 Å². The fourth-order valence-electron chi connectivity index (χ4n) is 9.84. The number of fused-ring (bicyclic) bond motifs is 2. The van der Waals surface area contributed by atoms with E-state index in [0.29, 0.717) is 11.1 Å². The summed E-state index contributed by atoms with van der Waals surface area (Å²) in [6.07, 6.45) is -3.37. The lowest BCUT2D eigenvalue weighted by molar-refractivity contribution is -0.134. The fraction of sp³-hybridized carbons (Fsp3) is 0.438. The molecule has 4 amide bonds. The van der Waals surface area contributed by atoms with Crippen molar-refractivity contribution < 1.29 is 46.2 Å². The quantitative estimate of drug-likeness (QED) is 0.0325. The summed E-state index contributed by atoms with van der Waals surface area (Å²) in [6.45, 7) is 16.4. The van der Waals surface area contributed by atoms with Crippen LogP contribution in [0.5, 0.6) is 0 Å². The topological polar surface area (TPSA) is 225 Å². The fourth-order valence-corrected chi connectivity index (χ4v) is 12.4. The Morgan fingerprint density at radius 3 is 1.05 bits per heavy atom. The normalized spacial score (nSPS) is 15.5. The summed E-state index contributed by atoms with van der Waals surface area (Å²) < 4.78 is 52.9. The monoisotopic (exact) mass is 1130 g/mol. The zero-order chi connectivity index (χ0) is 58.7. The highest BCUT2D eigenvalue weighted by Gasteiger charge is 2.41. The van der Waals surface area contributed by atoms with Crippen LogP contribution in [0.1, 0.15) is 91.5 Å². The minimum absolute atomic E-state index is 0.00332. The van der Waals surface area contributed by atoms with Crippen molar-refractivity contribution in [3.63, 3.8) is 0 Å². The molecule has 0 aliphatic carbocycles. The molecule has 0 fully saturated rings. The third-order valence-electron chi connectivity index (χ3n) is 15.1. The molecule has 0 radical (unpaired) electrons. The summed E-state index contributed by atoms with van der Waals surface area (Å²) in [7, 11) is -7.70. The smallest absolute Gasteiger partial charge is 0.243 e. The van der Waals surface area contributed by atoms with Crippen LogP contribution in [0.3, 0.4) is 0 Å². The lowest BCUT2D eigenvalue weighted by Crippen LogP contribution is -2.62. The first-order valence-corrected chi connectivity index (χ1v) is 30.9. The van der Waals surface area contributed by atoms with E-state index in [-0.39, 0.29) is 25.7 Å². The van der Waals surface area contributed by atoms with Crippen molar-refractivity contribution in [1.29, 1.82) is 0 Å². The number of sulfone groups is 2. The molecule has 0 unspecified atom stereocenters. The maximum atomic E-state index is 14.7. The minimum Gasteiger partial charge on any atom is -0.388 e. The number of benzene rings is 6. The Morgan fingerprint density at radius 1 is 0.412 bits per heavy atom. The van der Waals surface area contributed by atoms with Crippen LogP contribution >= 0.6 is 0 Å². The van der Waals surface area contributed by atoms with Crippen molar-refractivity contribution in [3.05, 3.63) is 168 Å². The second kappa shape index (κ2) is 26.9. The molecule has 0 saturated carbocycles. The number of carbonyl (C=O) groups excluding carboxylic acids is 4. The van der Waals surface area contributed by atoms with Gasteiger partial charge in [0.25, 0.3) is 0 Å². The molecule has 0 spiro atoms. The summed E-state index contributed by atoms with van der Waals surface area (Å²) in [4.78, 5) is 58.7. The highest BCUT2D eigenvalue weighted by Crippen LogP contribution is 2.28. The van der Waals surface area contributed by atoms with E-state index in [4.69, 9.17) is 0 Å². The van der Waals surface area contributed by atoms with Crippen LogP contribution in [0.25, 0.3) is 21.5 Å². The molecule has 6 aromatic carbocycles. The number of amides is 4. The predicted octanol–water partition coefficient (Wildman–Crippen LogP) is 7.90. The van der Waals surface area contributed by atoms with Crippen molar-refractivity contribution in [2.24, 2.45) is 23.7 Å². The molecule has 8 atom stereocenters. The minimum atomic E-state index is -3.85. The summed E-state index contributed by atoms with van der Waals surface area (Å²) >= 11 is 0. The van der Waals surface area contributed by atoms with E-state index in [1.807, 2.05) is 97.1 Å². The van der Waals surface area contributed by atoms with E-state index in [2.05, 4.69) is 21.3 Å². The van der Waals surface area contributed by atoms with Gasteiger partial charge in [0.15, 0.2) is 19.7 Å². The number of carbonyl (C=O) groups is 4. The maximum absolute atomic E-state index is 14.7. The average molecular weight is 1130 g/mol. The SMILES string of the molecule is CC(C)[C@H](NC(=O)[C@@H](Cc1cccc2ccccc12)CS(=O)(=O)C(C)(C)C)C(=O)N[C@@H](Cc1ccccc1)[C@H](O)[C@@H](O)[C@H](Cc1ccccc1)NC(=O)[C@@H](NC(=O)[C@@H](Cc1cccc2ccccc12)CS(=O)(=O)C(C)(C)C)C(C)C. The van der Waals surface area contributed by atoms with Crippen LogP contribution in [0, 0.1) is 23.7 Å². The standard InChI is InChI=1S/C64H82N4O10S2/c1-41(2)55(67-59(71)49(39-79(75,76)63(5,6)7)37-47-31-21-29-45-27-17-19-33-51(45)47)61(73)65-53(35-43-23-13-11-14-24-43)57(69)58(70)54(36-44-25-15-12-16-26-44)66-62(74)56(42(3)4)68-60(72)50(40-80(77,78)64(8,9)10)38-48-32-22-30-46-28-18-20-34-52(46)48/h11-34,41-42,49-50,53-58,69-70H,35-40H2,1-10H3,(H,65,73)(H,66,74)(H,67,71)(H,68,72)/t49-,50-,53-,54-,55-,56-,57-,58-/m0/s1. The molecule has 0 aliphatic heterocycles. The molecule has 80 heavy (non-hydrogen) atoms. The number of nitrogens with one attached hydrogen (secondary N) is 4. The van der Waals surface area contributed by atoms with Gasteiger partial charge in [-0.2, -0.15) is 0 Å². The van der Waals surface area contributed by atoms with Crippen molar-refractivity contribution in [2.45, 2.75) is 141 Å². The van der Waals surface area contributed by atoms with E-state index < -0.39 is 124 Å². The predicted molar refractivity (Wildman–Crippen MR) is 319 cm³/mol. The molecule has 0 heterocycles. The molecule has 0 aromatic heterocycles. The Kier molecular flexibility index (Phi) is 21.1. The summed E-state index contributed by atoms with van der Waals surface area (Å²) in [5.74, 6) is -6.92. The molecule has 16 heteroatoms. The van der Waals surface area contributed by atoms with Crippen LogP contribution in [0.2, 0.25) is 0 Å². The first-order valence-electron chi connectivity index (χ1n) is 27.6. The zero-order valence-corrected chi connectivity index (χ0v) is 49.5. The molecule has 14 nitrogen and oxygen atoms in total. The van der Waals surface area contributed by atoms with Crippen molar-refractivity contribution in [3.8, 4) is 0 Å². The molecular weight excluding hydrogens is 1050 g/mol. The van der Waals surface area contributed by atoms with Gasteiger partial charge in [0.2, 0.25) is 23.6 Å². The Hall–Kier alpha value is -6.46. The highest BCUT2D eigenvalue weighted by molar-refractivity contribution is 7.93. The van der Waals surface area contributed by atoms with Crippen LogP contribution in [0.4, 0.5) is 0 Å². The summed E-state index contributed by atoms with van der Waals surface area (Å²) in [5.41, 5.74) is 2.92. The van der Waals surface area contributed by atoms with Gasteiger partial charge in [-0.3, -0.25) is 19.2 Å². The van der Waals surface area contributed by atoms with Crippen LogP contribution in [-0.2, 0) is 64.5 Å². The number of rotatable bonds is 25. The third kappa shape index (κ3) is 16.4. The molecule has 430 valence electrons. The van der Waals surface area contributed by atoms with Gasteiger partial charge in [-0.1, -0.05) is 173 Å². The second-order valence-corrected chi connectivity index (χ2v) is 29.5. The van der Waals surface area contributed by atoms with E-state index in [1.54, 1.807) is 118 Å². The van der Waals surface area contributed by atoms with E-state index in [9.17, 15) is 46.2 Å². The Balaban J connectivity index is 1.29. The molecule has 6 aromatic rings. The van der Waals surface area contributed by atoms with Gasteiger partial charge < -0.3 is 31.5 Å². The third-order valence-corrected chi connectivity index (χ3v) is 20.5. The number of hydrogen-bond donors (Lipinski definition) is 6. The molecule has 6 N–H and O–H groups in total. The van der Waals surface area contributed by atoms with Gasteiger partial charge in [0.1, 0.15) is 24.3 Å². The largest absolute Gasteiger partial charge is 0.388 e. The van der Waals surface area contributed by atoms with E-state index >= 15 is 0 Å². The van der Waals surface area contributed by atoms with E-state index in [0.717, 1.165) is 32.7 Å². The summed E-state index contributed by atoms with van der Waals surface area (Å²) in [6, 6.07) is 39.7. The lowest BCUT2D eigenvalue weighted by atomic mass is 9.90. The molecular formula is C64H82N4O10S2. The van der Waals surface area contributed by atoms with Gasteiger partial charge in [-0.25, -0.2) is 16.8 Å². The van der Waals surface area contributed by atoms with Crippen LogP contribution < -0.4 is 21.3 Å². The van der Waals surface area contributed by atoms with Gasteiger partial charge in [-0.05, 0) is 123 Å². The lowest BCUT2D eigenvalue weighted by Gasteiger charge is -2.35. The number of hydrogen-bond acceptors (Lipinski definition) is 10. The van der Waals surface area contributed by atoms with Crippen molar-refractivity contribution >= 4 is 64.8 Å². The molecule has 6 rings (SSSR count). The van der Waals surface area contributed by atoms with Gasteiger partial charge in [0, 0.05) is 0 Å². The Bertz CT molecular complexity index is 3070. The molecule has 0 aliphatic rings. The maximum Gasteiger partial charge on any atom is 0.243 e. The molecule has 0 saturated heterocycles. The van der Waals surface area contributed by atoms with Crippen molar-refractivity contribution in [2.75, 3.05) is 11.5 Å². The first kappa shape index (κ1) is 62.7. The number of aliphatic hydroxyl groups is 2. The van der Waals surface area contributed by atoms with Crippen LogP contribution in [0.15, 0.2) is 146 Å². The first-order chi connectivity index (χ1) is 37.6. The van der Waals surface area contributed by atoms with Crippen LogP contribution in [-0.4, -0.2) is 108 Å². The van der Waals surface area contributed by atoms with Crippen molar-refractivity contribution in [1.82, 2.24) is 21.3 Å². The summed E-state index contributed by atoms with van der Waals surface area (Å²) in [5, 5.41) is 40.1. The zero-order valence-electron chi connectivity index (χ0n) is 47.8. The Labute approximate surface area is 473 Å². The van der Waals surface area contributed by atoms with Gasteiger partial charge in [-0.15, -0.1) is 0 Å². The second-order valence-electron chi connectivity index (χ2n) is 23.9.